The molecule has 0 aliphatic rings. The van der Waals surface area contributed by atoms with E-state index in [0.29, 0.717) is 26.2 Å². The molecule has 5 heteroatoms. The van der Waals surface area contributed by atoms with E-state index in [4.69, 9.17) is 14.6 Å². The van der Waals surface area contributed by atoms with Crippen LogP contribution in [0.2, 0.25) is 0 Å². The van der Waals surface area contributed by atoms with Crippen molar-refractivity contribution < 1.29 is 23.8 Å². The minimum atomic E-state index is -1.20. The van der Waals surface area contributed by atoms with E-state index in [-0.39, 0.29) is 11.3 Å². The molecule has 0 radical (unpaired) electrons. The lowest BCUT2D eigenvalue weighted by Gasteiger charge is -2.09. The highest BCUT2D eigenvalue weighted by atomic mass is 19.1. The van der Waals surface area contributed by atoms with Crippen LogP contribution >= 0.6 is 0 Å². The summed E-state index contributed by atoms with van der Waals surface area (Å²) >= 11 is 0. The molecule has 0 saturated carbocycles. The standard InChI is InChI=1S/C12H15FO4/c1-2-16-6-3-7-17-11-5-4-9(13)8-10(11)12(14)15/h4-5,8H,2-3,6-7H2,1H3,(H,14,15). The summed E-state index contributed by atoms with van der Waals surface area (Å²) in [4.78, 5) is 10.8. The molecular weight excluding hydrogens is 227 g/mol. The zero-order valence-corrected chi connectivity index (χ0v) is 9.61. The van der Waals surface area contributed by atoms with Gasteiger partial charge in [-0.1, -0.05) is 0 Å². The molecule has 0 bridgehead atoms. The number of carbonyl (C=O) groups is 1. The van der Waals surface area contributed by atoms with Gasteiger partial charge in [0.1, 0.15) is 17.1 Å². The number of carboxylic acid groups (broad SMARTS) is 1. The molecule has 4 nitrogen and oxygen atoms in total. The lowest BCUT2D eigenvalue weighted by Crippen LogP contribution is -2.07. The van der Waals surface area contributed by atoms with E-state index in [1.807, 2.05) is 6.92 Å². The number of ether oxygens (including phenoxy) is 2. The van der Waals surface area contributed by atoms with E-state index in [2.05, 4.69) is 0 Å². The summed E-state index contributed by atoms with van der Waals surface area (Å²) in [7, 11) is 0. The van der Waals surface area contributed by atoms with Crippen LogP contribution in [0.25, 0.3) is 0 Å². The summed E-state index contributed by atoms with van der Waals surface area (Å²) in [5.74, 6) is -1.62. The summed E-state index contributed by atoms with van der Waals surface area (Å²) in [6.07, 6.45) is 0.657. The van der Waals surface area contributed by atoms with Crippen molar-refractivity contribution in [3.05, 3.63) is 29.6 Å². The van der Waals surface area contributed by atoms with Crippen LogP contribution in [-0.4, -0.2) is 30.9 Å². The molecule has 0 fully saturated rings. The summed E-state index contributed by atoms with van der Waals surface area (Å²) in [5, 5.41) is 8.86. The Morgan fingerprint density at radius 2 is 2.18 bits per heavy atom. The van der Waals surface area contributed by atoms with E-state index < -0.39 is 11.8 Å². The summed E-state index contributed by atoms with van der Waals surface area (Å²) in [6, 6.07) is 3.43. The van der Waals surface area contributed by atoms with Crippen molar-refractivity contribution in [3.63, 3.8) is 0 Å². The number of halogens is 1. The highest BCUT2D eigenvalue weighted by Crippen LogP contribution is 2.19. The lowest BCUT2D eigenvalue weighted by molar-refractivity contribution is 0.0691. The van der Waals surface area contributed by atoms with Gasteiger partial charge in [-0.15, -0.1) is 0 Å². The number of carboxylic acids is 1. The summed E-state index contributed by atoms with van der Waals surface area (Å²) < 4.78 is 23.2. The molecule has 0 heterocycles. The first-order valence-electron chi connectivity index (χ1n) is 5.38. The van der Waals surface area contributed by atoms with Crippen LogP contribution in [0.5, 0.6) is 5.75 Å². The first-order valence-corrected chi connectivity index (χ1v) is 5.38. The van der Waals surface area contributed by atoms with Gasteiger partial charge in [0.05, 0.1) is 6.61 Å². The maximum Gasteiger partial charge on any atom is 0.339 e. The van der Waals surface area contributed by atoms with Crippen molar-refractivity contribution in [1.82, 2.24) is 0 Å². The fraction of sp³-hybridized carbons (Fsp3) is 0.417. The van der Waals surface area contributed by atoms with Gasteiger partial charge in [0.2, 0.25) is 0 Å². The lowest BCUT2D eigenvalue weighted by atomic mass is 10.2. The smallest absolute Gasteiger partial charge is 0.339 e. The predicted octanol–water partition coefficient (Wildman–Crippen LogP) is 2.33. The molecule has 0 atom stereocenters. The zero-order valence-electron chi connectivity index (χ0n) is 9.61. The molecule has 0 saturated heterocycles. The third kappa shape index (κ3) is 4.40. The molecule has 1 N–H and O–H groups in total. The average Bonchev–Trinajstić information content (AvgIpc) is 2.30. The fourth-order valence-corrected chi connectivity index (χ4v) is 1.28. The van der Waals surface area contributed by atoms with Gasteiger partial charge in [-0.2, -0.15) is 0 Å². The SMILES string of the molecule is CCOCCCOc1ccc(F)cc1C(=O)O. The molecule has 1 aromatic carbocycles. The highest BCUT2D eigenvalue weighted by Gasteiger charge is 2.12. The van der Waals surface area contributed by atoms with Crippen LogP contribution in [-0.2, 0) is 4.74 Å². The Labute approximate surface area is 99.0 Å². The van der Waals surface area contributed by atoms with Gasteiger partial charge in [0, 0.05) is 19.6 Å². The van der Waals surface area contributed by atoms with Crippen LogP contribution < -0.4 is 4.74 Å². The summed E-state index contributed by atoms with van der Waals surface area (Å²) in [6.45, 7) is 3.42. The van der Waals surface area contributed by atoms with Crippen molar-refractivity contribution in [2.75, 3.05) is 19.8 Å². The van der Waals surface area contributed by atoms with Gasteiger partial charge in [-0.25, -0.2) is 9.18 Å². The van der Waals surface area contributed by atoms with Crippen LogP contribution in [0.15, 0.2) is 18.2 Å². The molecule has 94 valence electrons. The number of rotatable bonds is 7. The topological polar surface area (TPSA) is 55.8 Å². The number of hydrogen-bond acceptors (Lipinski definition) is 3. The van der Waals surface area contributed by atoms with Gasteiger partial charge in [-0.05, 0) is 25.1 Å². The molecule has 17 heavy (non-hydrogen) atoms. The Hall–Kier alpha value is -1.62. The normalized spacial score (nSPS) is 10.2. The van der Waals surface area contributed by atoms with Gasteiger partial charge >= 0.3 is 5.97 Å². The molecule has 0 spiro atoms. The minimum absolute atomic E-state index is 0.165. The van der Waals surface area contributed by atoms with Crippen molar-refractivity contribution in [2.24, 2.45) is 0 Å². The molecule has 1 rings (SSSR count). The van der Waals surface area contributed by atoms with Crippen LogP contribution in [0.4, 0.5) is 4.39 Å². The van der Waals surface area contributed by atoms with Crippen LogP contribution in [0.3, 0.4) is 0 Å². The van der Waals surface area contributed by atoms with Gasteiger partial charge < -0.3 is 14.6 Å². The fourth-order valence-electron chi connectivity index (χ4n) is 1.28. The maximum atomic E-state index is 12.9. The zero-order chi connectivity index (χ0) is 12.7. The maximum absolute atomic E-state index is 12.9. The van der Waals surface area contributed by atoms with Gasteiger partial charge in [0.15, 0.2) is 0 Å². The second-order valence-corrected chi connectivity index (χ2v) is 3.34. The molecule has 0 aliphatic heterocycles. The van der Waals surface area contributed by atoms with Crippen LogP contribution in [0.1, 0.15) is 23.7 Å². The predicted molar refractivity (Wildman–Crippen MR) is 60.0 cm³/mol. The second kappa shape index (κ2) is 6.85. The Kier molecular flexibility index (Phi) is 5.42. The van der Waals surface area contributed by atoms with E-state index in [9.17, 15) is 9.18 Å². The Morgan fingerprint density at radius 1 is 1.41 bits per heavy atom. The molecule has 1 aromatic rings. The number of hydrogen-bond donors (Lipinski definition) is 1. The quantitative estimate of drug-likeness (QED) is 0.745. The first kappa shape index (κ1) is 13.4. The third-order valence-electron chi connectivity index (χ3n) is 2.07. The monoisotopic (exact) mass is 242 g/mol. The van der Waals surface area contributed by atoms with Gasteiger partial charge in [0.25, 0.3) is 0 Å². The molecule has 0 aromatic heterocycles. The number of benzene rings is 1. The molecular formula is C12H15FO4. The van der Waals surface area contributed by atoms with Crippen molar-refractivity contribution in [1.29, 1.82) is 0 Å². The molecule has 0 aliphatic carbocycles. The average molecular weight is 242 g/mol. The van der Waals surface area contributed by atoms with Gasteiger partial charge in [-0.3, -0.25) is 0 Å². The van der Waals surface area contributed by atoms with Crippen molar-refractivity contribution in [3.8, 4) is 5.75 Å². The minimum Gasteiger partial charge on any atom is -0.493 e. The van der Waals surface area contributed by atoms with E-state index in [0.717, 1.165) is 6.07 Å². The molecule has 0 amide bonds. The van der Waals surface area contributed by atoms with Crippen molar-refractivity contribution >= 4 is 5.97 Å². The van der Waals surface area contributed by atoms with E-state index in [1.54, 1.807) is 0 Å². The largest absolute Gasteiger partial charge is 0.493 e. The second-order valence-electron chi connectivity index (χ2n) is 3.34. The first-order chi connectivity index (χ1) is 8.15. The highest BCUT2D eigenvalue weighted by molar-refractivity contribution is 5.90. The van der Waals surface area contributed by atoms with E-state index >= 15 is 0 Å². The van der Waals surface area contributed by atoms with Crippen LogP contribution in [0, 0.1) is 5.82 Å². The van der Waals surface area contributed by atoms with Crippen molar-refractivity contribution in [2.45, 2.75) is 13.3 Å². The Balaban J connectivity index is 2.55. The van der Waals surface area contributed by atoms with E-state index in [1.165, 1.54) is 12.1 Å². The third-order valence-corrected chi connectivity index (χ3v) is 2.07. The number of aromatic carboxylic acids is 1. The molecule has 0 unspecified atom stereocenters. The Bertz CT molecular complexity index is 379. The summed E-state index contributed by atoms with van der Waals surface area (Å²) in [5.41, 5.74) is -0.165. The Morgan fingerprint density at radius 3 is 2.82 bits per heavy atom.